The molecule has 102 valence electrons. The molecule has 4 nitrogen and oxygen atoms in total. The van der Waals surface area contributed by atoms with Crippen LogP contribution in [0.2, 0.25) is 0 Å². The van der Waals surface area contributed by atoms with Gasteiger partial charge in [0, 0.05) is 31.0 Å². The Morgan fingerprint density at radius 1 is 1.33 bits per heavy atom. The van der Waals surface area contributed by atoms with E-state index in [1.807, 2.05) is 11.9 Å². The Morgan fingerprint density at radius 2 is 2.00 bits per heavy atom. The van der Waals surface area contributed by atoms with Crippen molar-refractivity contribution in [1.82, 2.24) is 4.90 Å². The summed E-state index contributed by atoms with van der Waals surface area (Å²) in [6.07, 6.45) is 4.58. The van der Waals surface area contributed by atoms with Gasteiger partial charge in [0.2, 0.25) is 5.91 Å². The van der Waals surface area contributed by atoms with Crippen LogP contribution in [0.15, 0.2) is 0 Å². The molecule has 3 atom stereocenters. The van der Waals surface area contributed by atoms with Crippen molar-refractivity contribution in [3.8, 4) is 0 Å². The molecule has 0 aromatic carbocycles. The van der Waals surface area contributed by atoms with E-state index >= 15 is 0 Å². The number of hydrogen-bond acceptors (Lipinski definition) is 3. The molecule has 1 amide bonds. The molecule has 18 heavy (non-hydrogen) atoms. The van der Waals surface area contributed by atoms with Crippen molar-refractivity contribution in [2.75, 3.05) is 13.7 Å². The Hall–Kier alpha value is -0.610. The van der Waals surface area contributed by atoms with Crippen LogP contribution in [0.1, 0.15) is 39.5 Å². The summed E-state index contributed by atoms with van der Waals surface area (Å²) in [6.45, 7) is 4.90. The molecule has 1 heterocycles. The van der Waals surface area contributed by atoms with Crippen molar-refractivity contribution >= 4 is 5.91 Å². The van der Waals surface area contributed by atoms with Crippen molar-refractivity contribution in [1.29, 1.82) is 0 Å². The zero-order valence-corrected chi connectivity index (χ0v) is 11.6. The van der Waals surface area contributed by atoms with E-state index in [2.05, 4.69) is 13.8 Å². The van der Waals surface area contributed by atoms with E-state index < -0.39 is 5.54 Å². The summed E-state index contributed by atoms with van der Waals surface area (Å²) in [7, 11) is 1.92. The summed E-state index contributed by atoms with van der Waals surface area (Å²) in [5.74, 6) is 0.339. The fraction of sp³-hybridized carbons (Fsp3) is 0.929. The molecule has 3 rings (SSSR count). The molecule has 2 saturated carbocycles. The van der Waals surface area contributed by atoms with Crippen molar-refractivity contribution in [2.24, 2.45) is 17.1 Å². The normalized spacial score (nSPS) is 41.8. The maximum atomic E-state index is 12.8. The van der Waals surface area contributed by atoms with Gasteiger partial charge in [0.15, 0.2) is 0 Å². The molecule has 1 aliphatic heterocycles. The monoisotopic (exact) mass is 252 g/mol. The van der Waals surface area contributed by atoms with Crippen LogP contribution < -0.4 is 5.73 Å². The Labute approximate surface area is 109 Å². The van der Waals surface area contributed by atoms with Crippen LogP contribution in [0, 0.1) is 11.3 Å². The van der Waals surface area contributed by atoms with Gasteiger partial charge in [-0.25, -0.2) is 0 Å². The molecule has 3 aliphatic rings. The molecule has 4 heteroatoms. The van der Waals surface area contributed by atoms with E-state index in [0.717, 1.165) is 25.9 Å². The zero-order chi connectivity index (χ0) is 13.1. The van der Waals surface area contributed by atoms with E-state index in [1.165, 1.54) is 6.42 Å². The third-order valence-electron chi connectivity index (χ3n) is 5.75. The van der Waals surface area contributed by atoms with Crippen molar-refractivity contribution in [3.05, 3.63) is 0 Å². The lowest BCUT2D eigenvalue weighted by Gasteiger charge is -2.62. The lowest BCUT2D eigenvalue weighted by molar-refractivity contribution is -0.186. The average Bonchev–Trinajstić information content (AvgIpc) is 2.72. The maximum Gasteiger partial charge on any atom is 0.243 e. The molecule has 0 aromatic heterocycles. The first-order valence-electron chi connectivity index (χ1n) is 7.08. The number of ether oxygens (including phenoxy) is 1. The molecule has 3 fully saturated rings. The van der Waals surface area contributed by atoms with E-state index in [9.17, 15) is 4.79 Å². The molecular weight excluding hydrogens is 228 g/mol. The maximum absolute atomic E-state index is 12.8. The SMILES string of the molecule is CN(C(=O)C1(N)C2CCOC2C1(C)C)C1CCC1. The molecule has 0 aromatic rings. The fourth-order valence-electron chi connectivity index (χ4n) is 4.05. The highest BCUT2D eigenvalue weighted by molar-refractivity contribution is 5.89. The minimum atomic E-state index is -0.724. The highest BCUT2D eigenvalue weighted by Gasteiger charge is 2.71. The van der Waals surface area contributed by atoms with Gasteiger partial charge in [0.1, 0.15) is 5.54 Å². The molecule has 2 N–H and O–H groups in total. The van der Waals surface area contributed by atoms with Gasteiger partial charge in [-0.15, -0.1) is 0 Å². The third kappa shape index (κ3) is 1.26. The first-order chi connectivity index (χ1) is 8.40. The van der Waals surface area contributed by atoms with Gasteiger partial charge < -0.3 is 15.4 Å². The number of amides is 1. The van der Waals surface area contributed by atoms with Crippen LogP contribution in [-0.2, 0) is 9.53 Å². The number of carbonyl (C=O) groups excluding carboxylic acids is 1. The van der Waals surface area contributed by atoms with Crippen molar-refractivity contribution < 1.29 is 9.53 Å². The lowest BCUT2D eigenvalue weighted by atomic mass is 9.47. The van der Waals surface area contributed by atoms with Crippen LogP contribution in [-0.4, -0.2) is 42.1 Å². The largest absolute Gasteiger partial charge is 0.377 e. The topological polar surface area (TPSA) is 55.6 Å². The smallest absolute Gasteiger partial charge is 0.243 e. The van der Waals surface area contributed by atoms with Crippen LogP contribution >= 0.6 is 0 Å². The summed E-state index contributed by atoms with van der Waals surface area (Å²) in [4.78, 5) is 14.7. The number of carbonyl (C=O) groups is 1. The van der Waals surface area contributed by atoms with Gasteiger partial charge >= 0.3 is 0 Å². The number of fused-ring (bicyclic) bond motifs is 1. The average molecular weight is 252 g/mol. The molecular formula is C14H24N2O2. The molecule has 3 unspecified atom stereocenters. The van der Waals surface area contributed by atoms with Crippen molar-refractivity contribution in [2.45, 2.75) is 57.2 Å². The van der Waals surface area contributed by atoms with Crippen LogP contribution in [0.5, 0.6) is 0 Å². The Morgan fingerprint density at radius 3 is 2.56 bits per heavy atom. The quantitative estimate of drug-likeness (QED) is 0.802. The van der Waals surface area contributed by atoms with E-state index in [-0.39, 0.29) is 23.3 Å². The van der Waals surface area contributed by atoms with Crippen molar-refractivity contribution in [3.63, 3.8) is 0 Å². The second kappa shape index (κ2) is 3.70. The summed E-state index contributed by atoms with van der Waals surface area (Å²) in [5, 5.41) is 0. The minimum absolute atomic E-state index is 0.129. The van der Waals surface area contributed by atoms with Crippen LogP contribution in [0.3, 0.4) is 0 Å². The molecule has 0 bridgehead atoms. The van der Waals surface area contributed by atoms with Crippen LogP contribution in [0.4, 0.5) is 0 Å². The predicted octanol–water partition coefficient (Wildman–Crippen LogP) is 1.14. The van der Waals surface area contributed by atoms with Gasteiger partial charge in [0.05, 0.1) is 6.10 Å². The molecule has 2 aliphatic carbocycles. The van der Waals surface area contributed by atoms with Gasteiger partial charge in [0.25, 0.3) is 0 Å². The molecule has 0 radical (unpaired) electrons. The van der Waals surface area contributed by atoms with E-state index in [0.29, 0.717) is 6.04 Å². The highest BCUT2D eigenvalue weighted by atomic mass is 16.5. The van der Waals surface area contributed by atoms with Gasteiger partial charge in [-0.1, -0.05) is 13.8 Å². The number of nitrogens with two attached hydrogens (primary N) is 1. The second-order valence-corrected chi connectivity index (χ2v) is 6.78. The van der Waals surface area contributed by atoms with Gasteiger partial charge in [-0.3, -0.25) is 4.79 Å². The summed E-state index contributed by atoms with van der Waals surface area (Å²) < 4.78 is 5.74. The zero-order valence-electron chi connectivity index (χ0n) is 11.6. The Kier molecular flexibility index (Phi) is 2.55. The van der Waals surface area contributed by atoms with E-state index in [1.54, 1.807) is 0 Å². The van der Waals surface area contributed by atoms with E-state index in [4.69, 9.17) is 10.5 Å². The molecule has 1 saturated heterocycles. The molecule has 0 spiro atoms. The minimum Gasteiger partial charge on any atom is -0.377 e. The number of hydrogen-bond donors (Lipinski definition) is 1. The highest BCUT2D eigenvalue weighted by Crippen LogP contribution is 2.58. The predicted molar refractivity (Wildman–Crippen MR) is 69.0 cm³/mol. The van der Waals surface area contributed by atoms with Gasteiger partial charge in [-0.2, -0.15) is 0 Å². The van der Waals surface area contributed by atoms with Crippen LogP contribution in [0.25, 0.3) is 0 Å². The van der Waals surface area contributed by atoms with Gasteiger partial charge in [-0.05, 0) is 25.7 Å². The first kappa shape index (κ1) is 12.4. The number of likely N-dealkylation sites (N-methyl/N-ethyl adjacent to an activating group) is 1. The first-order valence-corrected chi connectivity index (χ1v) is 7.08. The number of rotatable bonds is 2. The Bertz CT molecular complexity index is 378. The summed E-state index contributed by atoms with van der Waals surface area (Å²) >= 11 is 0. The fourth-order valence-corrected chi connectivity index (χ4v) is 4.05. The second-order valence-electron chi connectivity index (χ2n) is 6.78. The lowest BCUT2D eigenvalue weighted by Crippen LogP contribution is -2.80. The standard InChI is InChI=1S/C14H24N2O2/c1-13(2)11-10(7-8-18-11)14(13,15)12(17)16(3)9-5-4-6-9/h9-11H,4-8,15H2,1-3H3. The number of nitrogens with zero attached hydrogens (tertiary/aromatic N) is 1. The summed E-state index contributed by atoms with van der Waals surface area (Å²) in [6, 6.07) is 0.412. The summed E-state index contributed by atoms with van der Waals surface area (Å²) in [5.41, 5.74) is 5.59. The Balaban J connectivity index is 1.83. The third-order valence-corrected chi connectivity index (χ3v) is 5.75.